The maximum Gasteiger partial charge on any atom is 0.573 e. The van der Waals surface area contributed by atoms with E-state index >= 15 is 0 Å². The molecule has 0 aromatic heterocycles. The molecule has 0 aliphatic rings. The van der Waals surface area contributed by atoms with Gasteiger partial charge in [-0.05, 0) is 12.1 Å². The number of hydrogen-bond donors (Lipinski definition) is 1. The molecular formula is C15H9F6NO3. The Labute approximate surface area is 137 Å². The van der Waals surface area contributed by atoms with Gasteiger partial charge in [0.05, 0.1) is 0 Å². The van der Waals surface area contributed by atoms with Crippen LogP contribution in [0.2, 0.25) is 0 Å². The number of anilines is 1. The van der Waals surface area contributed by atoms with Gasteiger partial charge in [-0.25, -0.2) is 0 Å². The normalized spacial score (nSPS) is 11.8. The summed E-state index contributed by atoms with van der Waals surface area (Å²) in [5.74, 6) is -2.68. The molecule has 2 aromatic rings. The molecule has 25 heavy (non-hydrogen) atoms. The fraction of sp³-hybridized carbons (Fsp3) is 0.133. The lowest BCUT2D eigenvalue weighted by Crippen LogP contribution is -2.19. The number of amides is 1. The first-order valence-corrected chi connectivity index (χ1v) is 6.55. The molecule has 0 heterocycles. The Bertz CT molecular complexity index is 709. The molecule has 0 fully saturated rings. The molecule has 4 nitrogen and oxygen atoms in total. The molecule has 0 bridgehead atoms. The quantitative estimate of drug-likeness (QED) is 0.797. The molecule has 0 aliphatic carbocycles. The molecule has 0 spiro atoms. The van der Waals surface area contributed by atoms with Crippen LogP contribution in [0.1, 0.15) is 10.4 Å². The second kappa shape index (κ2) is 6.91. The summed E-state index contributed by atoms with van der Waals surface area (Å²) in [4.78, 5) is 12.0. The highest BCUT2D eigenvalue weighted by atomic mass is 19.4. The van der Waals surface area contributed by atoms with Crippen LogP contribution < -0.4 is 14.8 Å². The van der Waals surface area contributed by atoms with E-state index in [2.05, 4.69) is 14.8 Å². The van der Waals surface area contributed by atoms with Crippen LogP contribution in [-0.2, 0) is 0 Å². The summed E-state index contributed by atoms with van der Waals surface area (Å²) in [5, 5.41) is 2.18. The number of alkyl halides is 6. The zero-order valence-electron chi connectivity index (χ0n) is 12.1. The number of ether oxygens (including phenoxy) is 2. The first-order valence-electron chi connectivity index (χ1n) is 6.55. The SMILES string of the molecule is O=C(Nc1cc(OC(F)(F)F)cc(OC(F)(F)F)c1)c1ccccc1. The Morgan fingerprint density at radius 2 is 1.28 bits per heavy atom. The predicted molar refractivity (Wildman–Crippen MR) is 74.2 cm³/mol. The van der Waals surface area contributed by atoms with Crippen LogP contribution in [0.25, 0.3) is 0 Å². The lowest BCUT2D eigenvalue weighted by molar-refractivity contribution is -0.276. The third-order valence-corrected chi connectivity index (χ3v) is 2.64. The molecule has 0 atom stereocenters. The van der Waals surface area contributed by atoms with Crippen molar-refractivity contribution < 1.29 is 40.6 Å². The molecule has 10 heteroatoms. The minimum Gasteiger partial charge on any atom is -0.406 e. The molecule has 1 amide bonds. The average molecular weight is 365 g/mol. The standard InChI is InChI=1S/C15H9F6NO3/c16-14(17,18)24-11-6-10(7-12(8-11)25-15(19,20)21)22-13(23)9-4-2-1-3-5-9/h1-8H,(H,22,23). The van der Waals surface area contributed by atoms with Crippen LogP contribution in [0, 0.1) is 0 Å². The average Bonchev–Trinajstić information content (AvgIpc) is 2.44. The van der Waals surface area contributed by atoms with Crippen molar-refractivity contribution in [3.05, 3.63) is 54.1 Å². The van der Waals surface area contributed by atoms with Gasteiger partial charge in [0.15, 0.2) is 0 Å². The van der Waals surface area contributed by atoms with Crippen LogP contribution in [0.15, 0.2) is 48.5 Å². The zero-order valence-corrected chi connectivity index (χ0v) is 12.1. The van der Waals surface area contributed by atoms with E-state index < -0.39 is 30.1 Å². The number of carbonyl (C=O) groups excluding carboxylic acids is 1. The number of hydrogen-bond acceptors (Lipinski definition) is 3. The van der Waals surface area contributed by atoms with E-state index in [1.54, 1.807) is 6.07 Å². The van der Waals surface area contributed by atoms with Crippen LogP contribution in [-0.4, -0.2) is 18.6 Å². The summed E-state index contributed by atoms with van der Waals surface area (Å²) in [5.41, 5.74) is -0.210. The molecule has 1 N–H and O–H groups in total. The summed E-state index contributed by atoms with van der Waals surface area (Å²) >= 11 is 0. The van der Waals surface area contributed by atoms with Gasteiger partial charge in [0, 0.05) is 29.4 Å². The molecule has 0 saturated heterocycles. The third-order valence-electron chi connectivity index (χ3n) is 2.64. The van der Waals surface area contributed by atoms with Gasteiger partial charge < -0.3 is 14.8 Å². The minimum atomic E-state index is -5.13. The molecule has 0 saturated carbocycles. The zero-order chi connectivity index (χ0) is 18.7. The first kappa shape index (κ1) is 18.4. The third kappa shape index (κ3) is 6.24. The van der Waals surface area contributed by atoms with Gasteiger partial charge in [-0.1, -0.05) is 18.2 Å². The van der Waals surface area contributed by atoms with Gasteiger partial charge in [0.1, 0.15) is 11.5 Å². The first-order chi connectivity index (χ1) is 11.5. The maximum absolute atomic E-state index is 12.3. The molecule has 2 rings (SSSR count). The van der Waals surface area contributed by atoms with Crippen molar-refractivity contribution in [2.75, 3.05) is 5.32 Å². The Kier molecular flexibility index (Phi) is 5.10. The number of benzene rings is 2. The Morgan fingerprint density at radius 1 is 0.800 bits per heavy atom. The maximum atomic E-state index is 12.3. The fourth-order valence-electron chi connectivity index (χ4n) is 1.82. The second-order valence-electron chi connectivity index (χ2n) is 4.61. The summed E-state index contributed by atoms with van der Waals surface area (Å²) in [7, 11) is 0. The predicted octanol–water partition coefficient (Wildman–Crippen LogP) is 4.74. The Morgan fingerprint density at radius 3 is 1.72 bits per heavy atom. The summed E-state index contributed by atoms with van der Waals surface area (Å²) in [6.45, 7) is 0. The Balaban J connectivity index is 2.30. The second-order valence-corrected chi connectivity index (χ2v) is 4.61. The highest BCUT2D eigenvalue weighted by Crippen LogP contribution is 2.33. The van der Waals surface area contributed by atoms with Crippen molar-refractivity contribution in [1.82, 2.24) is 0 Å². The van der Waals surface area contributed by atoms with Crippen LogP contribution in [0.3, 0.4) is 0 Å². The van der Waals surface area contributed by atoms with E-state index in [-0.39, 0.29) is 11.3 Å². The fourth-order valence-corrected chi connectivity index (χ4v) is 1.82. The number of halogens is 6. The Hall–Kier alpha value is -2.91. The van der Waals surface area contributed by atoms with Crippen molar-refractivity contribution in [2.45, 2.75) is 12.7 Å². The molecule has 0 aliphatic heterocycles. The van der Waals surface area contributed by atoms with Crippen molar-refractivity contribution in [1.29, 1.82) is 0 Å². The van der Waals surface area contributed by atoms with Crippen molar-refractivity contribution >= 4 is 11.6 Å². The lowest BCUT2D eigenvalue weighted by atomic mass is 10.2. The van der Waals surface area contributed by atoms with Crippen LogP contribution >= 0.6 is 0 Å². The van der Waals surface area contributed by atoms with E-state index in [1.807, 2.05) is 0 Å². The van der Waals surface area contributed by atoms with Gasteiger partial charge in [0.2, 0.25) is 0 Å². The van der Waals surface area contributed by atoms with Crippen molar-refractivity contribution in [3.63, 3.8) is 0 Å². The van der Waals surface area contributed by atoms with E-state index in [1.165, 1.54) is 24.3 Å². The molecular weight excluding hydrogens is 356 g/mol. The van der Waals surface area contributed by atoms with Crippen LogP contribution in [0.5, 0.6) is 11.5 Å². The number of carbonyl (C=O) groups is 1. The van der Waals surface area contributed by atoms with Crippen molar-refractivity contribution in [2.24, 2.45) is 0 Å². The summed E-state index contributed by atoms with van der Waals surface area (Å²) in [6.07, 6.45) is -10.3. The minimum absolute atomic E-state index is 0.155. The van der Waals surface area contributed by atoms with E-state index in [9.17, 15) is 31.1 Å². The van der Waals surface area contributed by atoms with Crippen molar-refractivity contribution in [3.8, 4) is 11.5 Å². The van der Waals surface area contributed by atoms with Gasteiger partial charge in [-0.2, -0.15) is 0 Å². The number of rotatable bonds is 4. The van der Waals surface area contributed by atoms with E-state index in [0.717, 1.165) is 12.1 Å². The smallest absolute Gasteiger partial charge is 0.406 e. The highest BCUT2D eigenvalue weighted by Gasteiger charge is 2.34. The topological polar surface area (TPSA) is 47.6 Å². The molecule has 134 valence electrons. The van der Waals surface area contributed by atoms with Gasteiger partial charge >= 0.3 is 12.7 Å². The highest BCUT2D eigenvalue weighted by molar-refractivity contribution is 6.04. The van der Waals surface area contributed by atoms with Crippen LogP contribution in [0.4, 0.5) is 32.0 Å². The van der Waals surface area contributed by atoms with Gasteiger partial charge in [-0.3, -0.25) is 4.79 Å². The summed E-state index contributed by atoms with van der Waals surface area (Å²) in [6, 6.07) is 9.38. The largest absolute Gasteiger partial charge is 0.573 e. The van der Waals surface area contributed by atoms with Gasteiger partial charge in [-0.15, -0.1) is 26.3 Å². The van der Waals surface area contributed by atoms with E-state index in [0.29, 0.717) is 6.07 Å². The van der Waals surface area contributed by atoms with Gasteiger partial charge in [0.25, 0.3) is 5.91 Å². The van der Waals surface area contributed by atoms with E-state index in [4.69, 9.17) is 0 Å². The summed E-state index contributed by atoms with van der Waals surface area (Å²) < 4.78 is 81.0. The lowest BCUT2D eigenvalue weighted by Gasteiger charge is -2.15. The molecule has 2 aromatic carbocycles. The molecule has 0 unspecified atom stereocenters. The molecule has 0 radical (unpaired) electrons. The monoisotopic (exact) mass is 365 g/mol. The number of nitrogens with one attached hydrogen (secondary N) is 1.